The first-order valence-electron chi connectivity index (χ1n) is 5.56. The van der Waals surface area contributed by atoms with Crippen molar-refractivity contribution in [3.05, 3.63) is 11.1 Å². The quantitative estimate of drug-likeness (QED) is 0.823. The van der Waals surface area contributed by atoms with Crippen LogP contribution < -0.4 is 4.90 Å². The van der Waals surface area contributed by atoms with Gasteiger partial charge in [-0.05, 0) is 19.2 Å². The van der Waals surface area contributed by atoms with Gasteiger partial charge in [-0.2, -0.15) is 11.8 Å². The third kappa shape index (κ3) is 2.90. The van der Waals surface area contributed by atoms with Crippen LogP contribution >= 0.6 is 23.1 Å². The summed E-state index contributed by atoms with van der Waals surface area (Å²) in [5.41, 5.74) is 0. The molecule has 0 spiro atoms. The van der Waals surface area contributed by atoms with Crippen LogP contribution in [0.5, 0.6) is 0 Å². The molecule has 0 aliphatic carbocycles. The van der Waals surface area contributed by atoms with Gasteiger partial charge >= 0.3 is 0 Å². The summed E-state index contributed by atoms with van der Waals surface area (Å²) < 4.78 is 0. The molecule has 0 saturated carbocycles. The van der Waals surface area contributed by atoms with Crippen LogP contribution in [0.2, 0.25) is 0 Å². The lowest BCUT2D eigenvalue weighted by molar-refractivity contribution is 0.335. The zero-order valence-electron chi connectivity index (χ0n) is 10.1. The van der Waals surface area contributed by atoms with Crippen molar-refractivity contribution in [2.45, 2.75) is 18.2 Å². The summed E-state index contributed by atoms with van der Waals surface area (Å²) in [7, 11) is 4.09. The van der Waals surface area contributed by atoms with Gasteiger partial charge in [-0.25, -0.2) is 4.98 Å². The zero-order valence-corrected chi connectivity index (χ0v) is 11.8. The minimum absolute atomic E-state index is 0.834. The first-order chi connectivity index (χ1) is 7.69. The van der Waals surface area contributed by atoms with E-state index in [2.05, 4.69) is 21.0 Å². The Morgan fingerprint density at radius 2 is 2.44 bits per heavy atom. The third-order valence-electron chi connectivity index (χ3n) is 2.87. The molecule has 2 rings (SSSR count). The second kappa shape index (κ2) is 5.38. The highest BCUT2D eigenvalue weighted by Gasteiger charge is 2.21. The molecule has 0 amide bonds. The number of anilines is 1. The maximum absolute atomic E-state index is 4.41. The van der Waals surface area contributed by atoms with Crippen LogP contribution in [0, 0.1) is 0 Å². The van der Waals surface area contributed by atoms with E-state index < -0.39 is 0 Å². The Morgan fingerprint density at radius 3 is 3.00 bits per heavy atom. The van der Waals surface area contributed by atoms with E-state index in [9.17, 15) is 0 Å². The number of nitrogens with zero attached hydrogens (tertiary/aromatic N) is 3. The van der Waals surface area contributed by atoms with Gasteiger partial charge in [0.2, 0.25) is 0 Å². The Balaban J connectivity index is 1.89. The largest absolute Gasteiger partial charge is 0.354 e. The van der Waals surface area contributed by atoms with Gasteiger partial charge in [0.05, 0.1) is 0 Å². The maximum Gasteiger partial charge on any atom is 0.185 e. The molecule has 5 heteroatoms. The SMILES string of the molecule is CSC1CCN(Cc2cnc(N(C)C)s2)C1. The zero-order chi connectivity index (χ0) is 11.5. The summed E-state index contributed by atoms with van der Waals surface area (Å²) in [5.74, 6) is 0. The van der Waals surface area contributed by atoms with Gasteiger partial charge in [-0.1, -0.05) is 0 Å². The topological polar surface area (TPSA) is 19.4 Å². The van der Waals surface area contributed by atoms with Crippen molar-refractivity contribution in [2.75, 3.05) is 38.3 Å². The van der Waals surface area contributed by atoms with E-state index in [-0.39, 0.29) is 0 Å². The number of hydrogen-bond donors (Lipinski definition) is 0. The van der Waals surface area contributed by atoms with Crippen molar-refractivity contribution in [2.24, 2.45) is 0 Å². The molecule has 90 valence electrons. The van der Waals surface area contributed by atoms with Gasteiger partial charge in [0, 0.05) is 43.5 Å². The Kier molecular flexibility index (Phi) is 4.10. The number of likely N-dealkylation sites (tertiary alicyclic amines) is 1. The number of hydrogen-bond acceptors (Lipinski definition) is 5. The Bertz CT molecular complexity index is 338. The average Bonchev–Trinajstić information content (AvgIpc) is 2.87. The summed E-state index contributed by atoms with van der Waals surface area (Å²) in [5, 5.41) is 1.94. The van der Waals surface area contributed by atoms with Crippen molar-refractivity contribution in [3.63, 3.8) is 0 Å². The van der Waals surface area contributed by atoms with Crippen LogP contribution in [0.4, 0.5) is 5.13 Å². The molecule has 16 heavy (non-hydrogen) atoms. The van der Waals surface area contributed by atoms with Crippen LogP contribution in [0.3, 0.4) is 0 Å². The second-order valence-electron chi connectivity index (χ2n) is 4.39. The third-order valence-corrected chi connectivity index (χ3v) is 5.07. The predicted octanol–water partition coefficient (Wildman–Crippen LogP) is 2.15. The number of rotatable bonds is 4. The summed E-state index contributed by atoms with van der Waals surface area (Å²) in [6, 6.07) is 0. The second-order valence-corrected chi connectivity index (χ2v) is 6.62. The smallest absolute Gasteiger partial charge is 0.185 e. The van der Waals surface area contributed by atoms with Crippen LogP contribution in [0.1, 0.15) is 11.3 Å². The van der Waals surface area contributed by atoms with Crippen molar-refractivity contribution < 1.29 is 0 Å². The molecule has 1 atom stereocenters. The van der Waals surface area contributed by atoms with E-state index in [1.54, 1.807) is 11.3 Å². The molecule has 0 N–H and O–H groups in total. The molecule has 0 aromatic carbocycles. The minimum atomic E-state index is 0.834. The molecule has 1 aliphatic heterocycles. The average molecular weight is 257 g/mol. The molecule has 1 unspecified atom stereocenters. The molecule has 1 aliphatic rings. The van der Waals surface area contributed by atoms with E-state index in [0.717, 1.165) is 16.9 Å². The lowest BCUT2D eigenvalue weighted by atomic mass is 10.4. The Hall–Kier alpha value is -0.260. The molecular formula is C11H19N3S2. The fraction of sp³-hybridized carbons (Fsp3) is 0.727. The molecule has 3 nitrogen and oxygen atoms in total. The Labute approximate surface area is 106 Å². The molecule has 0 radical (unpaired) electrons. The van der Waals surface area contributed by atoms with Gasteiger partial charge in [0.1, 0.15) is 0 Å². The molecule has 0 bridgehead atoms. The molecular weight excluding hydrogens is 238 g/mol. The normalized spacial score (nSPS) is 21.6. The van der Waals surface area contributed by atoms with E-state index in [0.29, 0.717) is 0 Å². The first kappa shape index (κ1) is 12.2. The van der Waals surface area contributed by atoms with E-state index >= 15 is 0 Å². The molecule has 1 aromatic heterocycles. The highest BCUT2D eigenvalue weighted by atomic mass is 32.2. The minimum Gasteiger partial charge on any atom is -0.354 e. The maximum atomic E-state index is 4.41. The van der Waals surface area contributed by atoms with Crippen LogP contribution in [0.15, 0.2) is 6.20 Å². The van der Waals surface area contributed by atoms with Crippen molar-refractivity contribution in [1.82, 2.24) is 9.88 Å². The standard InChI is InChI=1S/C11H19N3S2/c1-13(2)11-12-6-10(16-11)8-14-5-4-9(7-14)15-3/h6,9H,4-5,7-8H2,1-3H3. The fourth-order valence-corrected chi connectivity index (χ4v) is 3.51. The molecule has 1 aromatic rings. The van der Waals surface area contributed by atoms with Gasteiger partial charge in [0.25, 0.3) is 0 Å². The predicted molar refractivity (Wildman–Crippen MR) is 73.6 cm³/mol. The summed E-state index contributed by atoms with van der Waals surface area (Å²) >= 11 is 3.80. The molecule has 1 fully saturated rings. The lowest BCUT2D eigenvalue weighted by Gasteiger charge is -2.13. The summed E-state index contributed by atoms with van der Waals surface area (Å²) in [6.45, 7) is 3.54. The first-order valence-corrected chi connectivity index (χ1v) is 7.66. The monoisotopic (exact) mass is 257 g/mol. The van der Waals surface area contributed by atoms with Crippen molar-refractivity contribution in [3.8, 4) is 0 Å². The van der Waals surface area contributed by atoms with Crippen molar-refractivity contribution in [1.29, 1.82) is 0 Å². The van der Waals surface area contributed by atoms with Crippen molar-refractivity contribution >= 4 is 28.2 Å². The van der Waals surface area contributed by atoms with E-state index in [1.165, 1.54) is 24.4 Å². The van der Waals surface area contributed by atoms with Gasteiger partial charge < -0.3 is 4.90 Å². The number of aromatic nitrogens is 1. The molecule has 2 heterocycles. The van der Waals surface area contributed by atoms with Gasteiger partial charge in [-0.3, -0.25) is 4.90 Å². The van der Waals surface area contributed by atoms with Crippen LogP contribution in [0.25, 0.3) is 0 Å². The summed E-state index contributed by atoms with van der Waals surface area (Å²) in [4.78, 5) is 10.4. The van der Waals surface area contributed by atoms with Crippen LogP contribution in [-0.4, -0.2) is 48.6 Å². The van der Waals surface area contributed by atoms with E-state index in [4.69, 9.17) is 0 Å². The Morgan fingerprint density at radius 1 is 1.62 bits per heavy atom. The highest BCUT2D eigenvalue weighted by Crippen LogP contribution is 2.25. The lowest BCUT2D eigenvalue weighted by Crippen LogP contribution is -2.20. The van der Waals surface area contributed by atoms with Crippen LogP contribution in [-0.2, 0) is 6.54 Å². The fourth-order valence-electron chi connectivity index (χ4n) is 1.93. The van der Waals surface area contributed by atoms with E-state index in [1.807, 2.05) is 32.1 Å². The number of thiazole rings is 1. The highest BCUT2D eigenvalue weighted by molar-refractivity contribution is 7.99. The summed E-state index contributed by atoms with van der Waals surface area (Å²) in [6.07, 6.45) is 5.57. The number of thioether (sulfide) groups is 1. The van der Waals surface area contributed by atoms with Gasteiger partial charge in [-0.15, -0.1) is 11.3 Å². The molecule has 1 saturated heterocycles. The van der Waals surface area contributed by atoms with Gasteiger partial charge in [0.15, 0.2) is 5.13 Å².